The predicted molar refractivity (Wildman–Crippen MR) is 244 cm³/mol. The minimum absolute atomic E-state index is 0.609. The number of hydrogen-bond donors (Lipinski definition) is 0. The first-order valence-electron chi connectivity index (χ1n) is 20.0. The molecule has 0 aliphatic heterocycles. The molecule has 0 saturated carbocycles. The quantitative estimate of drug-likeness (QED) is 0.180. The van der Waals surface area contributed by atoms with Crippen LogP contribution in [0.25, 0.3) is 121 Å². The Bertz CT molecular complexity index is 3840. The maximum atomic E-state index is 6.91. The Morgan fingerprint density at radius 1 is 0.407 bits per heavy atom. The fourth-order valence-corrected chi connectivity index (χ4v) is 9.54. The molecule has 0 atom stereocenters. The number of benzene rings is 9. The van der Waals surface area contributed by atoms with Gasteiger partial charge in [0, 0.05) is 54.5 Å². The zero-order valence-electron chi connectivity index (χ0n) is 31.7. The molecule has 0 N–H and O–H groups in total. The van der Waals surface area contributed by atoms with Gasteiger partial charge in [-0.1, -0.05) is 146 Å². The van der Waals surface area contributed by atoms with E-state index in [1.54, 1.807) is 0 Å². The average Bonchev–Trinajstić information content (AvgIpc) is 3.97. The molecule has 0 radical (unpaired) electrons. The maximum absolute atomic E-state index is 6.91. The van der Waals surface area contributed by atoms with E-state index in [0.29, 0.717) is 5.95 Å². The number of nitrogens with zero attached hydrogens (tertiary/aromatic N) is 4. The second kappa shape index (κ2) is 12.2. The van der Waals surface area contributed by atoms with Crippen molar-refractivity contribution in [3.63, 3.8) is 0 Å². The van der Waals surface area contributed by atoms with Crippen molar-refractivity contribution < 1.29 is 4.42 Å². The van der Waals surface area contributed by atoms with Crippen LogP contribution in [-0.2, 0) is 0 Å². The largest absolute Gasteiger partial charge is 0.455 e. The third-order valence-corrected chi connectivity index (χ3v) is 12.1. The SMILES string of the molecule is c1ccc(-c2nc(-n3c4c(-c5ccc6c(c5)c5ccccc5n6-c5ccccc5)cc5c6ccccc6oc5c4c4ccc5ccccc5c43)nc3ccccc23)cc1. The van der Waals surface area contributed by atoms with Gasteiger partial charge in [-0.2, -0.15) is 0 Å². The van der Waals surface area contributed by atoms with Crippen molar-refractivity contribution in [1.29, 1.82) is 0 Å². The first kappa shape index (κ1) is 32.1. The molecule has 5 nitrogen and oxygen atoms in total. The first-order chi connectivity index (χ1) is 29.3. The summed E-state index contributed by atoms with van der Waals surface area (Å²) in [7, 11) is 0. The number of fused-ring (bicyclic) bond motifs is 13. The molecule has 0 fully saturated rings. The van der Waals surface area contributed by atoms with Gasteiger partial charge in [-0.05, 0) is 59.5 Å². The molecule has 0 bridgehead atoms. The second-order valence-electron chi connectivity index (χ2n) is 15.3. The van der Waals surface area contributed by atoms with Crippen LogP contribution in [0.3, 0.4) is 0 Å². The minimum Gasteiger partial charge on any atom is -0.455 e. The van der Waals surface area contributed by atoms with Crippen molar-refractivity contribution in [1.82, 2.24) is 19.1 Å². The van der Waals surface area contributed by atoms with E-state index in [9.17, 15) is 0 Å². The molecule has 0 saturated heterocycles. The summed E-state index contributed by atoms with van der Waals surface area (Å²) in [6.07, 6.45) is 0. The molecule has 5 heteroatoms. The van der Waals surface area contributed by atoms with E-state index in [2.05, 4.69) is 191 Å². The van der Waals surface area contributed by atoms with E-state index in [-0.39, 0.29) is 0 Å². The Balaban J connectivity index is 1.23. The highest BCUT2D eigenvalue weighted by molar-refractivity contribution is 6.30. The van der Waals surface area contributed by atoms with Gasteiger partial charge in [-0.3, -0.25) is 4.57 Å². The Kier molecular flexibility index (Phi) is 6.66. The lowest BCUT2D eigenvalue weighted by Crippen LogP contribution is -2.04. The summed E-state index contributed by atoms with van der Waals surface area (Å²) in [5.41, 5.74) is 12.2. The maximum Gasteiger partial charge on any atom is 0.235 e. The van der Waals surface area contributed by atoms with Gasteiger partial charge in [0.2, 0.25) is 5.95 Å². The molecule has 274 valence electrons. The van der Waals surface area contributed by atoms with Gasteiger partial charge in [0.1, 0.15) is 11.2 Å². The van der Waals surface area contributed by atoms with E-state index in [0.717, 1.165) is 99.0 Å². The van der Waals surface area contributed by atoms with Crippen molar-refractivity contribution >= 4 is 87.2 Å². The highest BCUT2D eigenvalue weighted by Crippen LogP contribution is 2.47. The van der Waals surface area contributed by atoms with Crippen molar-refractivity contribution in [2.45, 2.75) is 0 Å². The number of furan rings is 1. The molecule has 9 aromatic carbocycles. The van der Waals surface area contributed by atoms with E-state index in [1.165, 1.54) is 16.3 Å². The van der Waals surface area contributed by atoms with Crippen molar-refractivity contribution in [3.05, 3.63) is 194 Å². The number of hydrogen-bond acceptors (Lipinski definition) is 3. The van der Waals surface area contributed by atoms with Crippen LogP contribution in [-0.4, -0.2) is 19.1 Å². The molecule has 13 rings (SSSR count). The second-order valence-corrected chi connectivity index (χ2v) is 15.3. The summed E-state index contributed by atoms with van der Waals surface area (Å²) in [4.78, 5) is 10.9. The zero-order chi connectivity index (χ0) is 38.6. The highest BCUT2D eigenvalue weighted by Gasteiger charge is 2.26. The van der Waals surface area contributed by atoms with Crippen molar-refractivity contribution in [2.75, 3.05) is 0 Å². The molecule has 13 aromatic rings. The van der Waals surface area contributed by atoms with Crippen molar-refractivity contribution in [3.8, 4) is 34.0 Å². The highest BCUT2D eigenvalue weighted by atomic mass is 16.3. The van der Waals surface area contributed by atoms with Gasteiger partial charge in [0.05, 0.1) is 38.7 Å². The van der Waals surface area contributed by atoms with Crippen LogP contribution in [0.2, 0.25) is 0 Å². The third-order valence-electron chi connectivity index (χ3n) is 12.1. The van der Waals surface area contributed by atoms with Gasteiger partial charge in [-0.25, -0.2) is 9.97 Å². The first-order valence-corrected chi connectivity index (χ1v) is 20.0. The molecule has 0 amide bonds. The Morgan fingerprint density at radius 2 is 1.10 bits per heavy atom. The minimum atomic E-state index is 0.609. The normalized spacial score (nSPS) is 12.1. The molecule has 4 heterocycles. The molecular weight excluding hydrogens is 721 g/mol. The standard InChI is InChI=1S/C54H32N4O/c1-3-16-34(17-4-1)50-40-23-9-12-24-45(40)55-54(56-50)58-51-37-20-8-7-15-33(37)27-29-41(51)49-52(58)42(32-44-39-22-11-14-26-48(39)59-53(44)49)35-28-30-47-43(31-35)38-21-10-13-25-46(38)57(47)36-18-5-2-6-19-36/h1-32H. The van der Waals surface area contributed by atoms with Crippen LogP contribution in [0.15, 0.2) is 199 Å². The molecule has 59 heavy (non-hydrogen) atoms. The molecule has 0 spiro atoms. The summed E-state index contributed by atoms with van der Waals surface area (Å²) >= 11 is 0. The van der Waals surface area contributed by atoms with Gasteiger partial charge >= 0.3 is 0 Å². The van der Waals surface area contributed by atoms with Gasteiger partial charge in [-0.15, -0.1) is 0 Å². The molecule has 0 aliphatic rings. The monoisotopic (exact) mass is 752 g/mol. The fraction of sp³-hybridized carbons (Fsp3) is 0. The van der Waals surface area contributed by atoms with Gasteiger partial charge in [0.15, 0.2) is 0 Å². The average molecular weight is 753 g/mol. The molecular formula is C54H32N4O. The number of para-hydroxylation sites is 4. The Hall–Kier alpha value is -8.02. The Labute approximate surface area is 337 Å². The van der Waals surface area contributed by atoms with E-state index in [1.807, 2.05) is 12.1 Å². The molecule has 0 unspecified atom stereocenters. The lowest BCUT2D eigenvalue weighted by molar-refractivity contribution is 0.673. The lowest BCUT2D eigenvalue weighted by atomic mass is 9.96. The van der Waals surface area contributed by atoms with E-state index < -0.39 is 0 Å². The summed E-state index contributed by atoms with van der Waals surface area (Å²) in [5, 5.41) is 9.96. The number of rotatable bonds is 4. The predicted octanol–water partition coefficient (Wildman–Crippen LogP) is 14.2. The Morgan fingerprint density at radius 3 is 1.97 bits per heavy atom. The van der Waals surface area contributed by atoms with Crippen molar-refractivity contribution in [2.24, 2.45) is 0 Å². The fourth-order valence-electron chi connectivity index (χ4n) is 9.54. The van der Waals surface area contributed by atoms with Crippen LogP contribution in [0.1, 0.15) is 0 Å². The summed E-state index contributed by atoms with van der Waals surface area (Å²) in [5.74, 6) is 0.609. The van der Waals surface area contributed by atoms with Gasteiger partial charge in [0.25, 0.3) is 0 Å². The number of aromatic nitrogens is 4. The lowest BCUT2D eigenvalue weighted by Gasteiger charge is -2.15. The van der Waals surface area contributed by atoms with E-state index in [4.69, 9.17) is 14.4 Å². The topological polar surface area (TPSA) is 48.8 Å². The third kappa shape index (κ3) is 4.61. The van der Waals surface area contributed by atoms with E-state index >= 15 is 0 Å². The zero-order valence-corrected chi connectivity index (χ0v) is 31.7. The van der Waals surface area contributed by atoms with Gasteiger partial charge < -0.3 is 8.98 Å². The smallest absolute Gasteiger partial charge is 0.235 e. The molecule has 4 aromatic heterocycles. The van der Waals surface area contributed by atoms with Crippen LogP contribution < -0.4 is 0 Å². The van der Waals surface area contributed by atoms with Crippen LogP contribution in [0, 0.1) is 0 Å². The van der Waals surface area contributed by atoms with Crippen LogP contribution in [0.4, 0.5) is 0 Å². The summed E-state index contributed by atoms with van der Waals surface area (Å²) in [6.45, 7) is 0. The summed E-state index contributed by atoms with van der Waals surface area (Å²) in [6, 6.07) is 68.9. The van der Waals surface area contributed by atoms with Crippen LogP contribution in [0.5, 0.6) is 0 Å². The van der Waals surface area contributed by atoms with Crippen LogP contribution >= 0.6 is 0 Å². The molecule has 0 aliphatic carbocycles. The summed E-state index contributed by atoms with van der Waals surface area (Å²) < 4.78 is 11.6.